The standard InChI is InChI=1S/C10H6F2N6OS/c11-9(12)19-6-3-14-4(1-15-6)5-2-16-7-8(17-5)20-10(13)18-7/h1-3,9H,(H2,13,16,18). The van der Waals surface area contributed by atoms with Crippen LogP contribution in [0, 0.1) is 0 Å². The largest absolute Gasteiger partial charge is 0.415 e. The first kappa shape index (κ1) is 12.5. The number of nitrogens with two attached hydrogens (primary N) is 1. The second-order valence-electron chi connectivity index (χ2n) is 3.55. The van der Waals surface area contributed by atoms with Crippen LogP contribution >= 0.6 is 11.3 Å². The van der Waals surface area contributed by atoms with Gasteiger partial charge in [-0.2, -0.15) is 13.8 Å². The van der Waals surface area contributed by atoms with Crippen molar-refractivity contribution in [2.75, 3.05) is 5.73 Å². The monoisotopic (exact) mass is 296 g/mol. The van der Waals surface area contributed by atoms with Gasteiger partial charge in [0.1, 0.15) is 11.4 Å². The van der Waals surface area contributed by atoms with E-state index in [1.807, 2.05) is 0 Å². The molecule has 3 heterocycles. The number of hydrogen-bond acceptors (Lipinski definition) is 8. The SMILES string of the molecule is Nc1nc2ncc(-c3cnc(OC(F)F)cn3)nc2s1. The average Bonchev–Trinajstić information content (AvgIpc) is 2.78. The van der Waals surface area contributed by atoms with Crippen molar-refractivity contribution in [2.45, 2.75) is 6.61 Å². The molecule has 0 fully saturated rings. The number of aromatic nitrogens is 5. The van der Waals surface area contributed by atoms with Crippen LogP contribution in [0.2, 0.25) is 0 Å². The fraction of sp³-hybridized carbons (Fsp3) is 0.100. The number of thiazole rings is 1. The van der Waals surface area contributed by atoms with Gasteiger partial charge in [-0.3, -0.25) is 0 Å². The van der Waals surface area contributed by atoms with Gasteiger partial charge < -0.3 is 10.5 Å². The van der Waals surface area contributed by atoms with E-state index in [1.54, 1.807) is 0 Å². The molecule has 0 spiro atoms. The van der Waals surface area contributed by atoms with Crippen molar-refractivity contribution in [3.63, 3.8) is 0 Å². The fourth-order valence-electron chi connectivity index (χ4n) is 1.46. The first-order valence-electron chi connectivity index (χ1n) is 5.28. The van der Waals surface area contributed by atoms with Gasteiger partial charge in [-0.1, -0.05) is 11.3 Å². The van der Waals surface area contributed by atoms with Crippen LogP contribution in [0.3, 0.4) is 0 Å². The predicted octanol–water partition coefficient (Wildman–Crippen LogP) is 1.73. The Morgan fingerprint density at radius 2 is 1.85 bits per heavy atom. The number of ether oxygens (including phenoxy) is 1. The molecule has 3 rings (SSSR count). The number of nitrogens with zero attached hydrogens (tertiary/aromatic N) is 5. The summed E-state index contributed by atoms with van der Waals surface area (Å²) in [6.07, 6.45) is 3.82. The molecule has 0 aliphatic carbocycles. The first-order valence-corrected chi connectivity index (χ1v) is 6.10. The maximum Gasteiger partial charge on any atom is 0.388 e. The lowest BCUT2D eigenvalue weighted by Gasteiger charge is -2.03. The molecule has 3 aromatic heterocycles. The zero-order valence-electron chi connectivity index (χ0n) is 9.70. The molecule has 0 aromatic carbocycles. The van der Waals surface area contributed by atoms with E-state index >= 15 is 0 Å². The Morgan fingerprint density at radius 1 is 1.05 bits per heavy atom. The smallest absolute Gasteiger partial charge is 0.388 e. The normalized spacial score (nSPS) is 11.2. The Bertz CT molecular complexity index is 747. The van der Waals surface area contributed by atoms with Gasteiger partial charge >= 0.3 is 6.61 Å². The molecule has 20 heavy (non-hydrogen) atoms. The molecular formula is C10H6F2N6OS. The molecule has 0 aliphatic heterocycles. The van der Waals surface area contributed by atoms with E-state index in [4.69, 9.17) is 5.73 Å². The minimum Gasteiger partial charge on any atom is -0.415 e. The summed E-state index contributed by atoms with van der Waals surface area (Å²) >= 11 is 1.19. The summed E-state index contributed by atoms with van der Waals surface area (Å²) in [7, 11) is 0. The Hall–Kier alpha value is -2.49. The molecular weight excluding hydrogens is 290 g/mol. The van der Waals surface area contributed by atoms with E-state index in [1.165, 1.54) is 23.7 Å². The first-order chi connectivity index (χ1) is 9.61. The summed E-state index contributed by atoms with van der Waals surface area (Å²) in [5.74, 6) is -0.264. The van der Waals surface area contributed by atoms with E-state index in [-0.39, 0.29) is 5.88 Å². The molecule has 7 nitrogen and oxygen atoms in total. The number of hydrogen-bond donors (Lipinski definition) is 1. The summed E-state index contributed by atoms with van der Waals surface area (Å²) in [5.41, 5.74) is 6.83. The molecule has 0 atom stereocenters. The molecule has 102 valence electrons. The third kappa shape index (κ3) is 2.45. The van der Waals surface area contributed by atoms with Crippen LogP contribution in [0.5, 0.6) is 5.88 Å². The minimum atomic E-state index is -2.94. The van der Waals surface area contributed by atoms with Gasteiger partial charge in [0.05, 0.1) is 18.6 Å². The van der Waals surface area contributed by atoms with Crippen LogP contribution in [0.4, 0.5) is 13.9 Å². The van der Waals surface area contributed by atoms with Gasteiger partial charge in [0, 0.05) is 0 Å². The number of anilines is 1. The van der Waals surface area contributed by atoms with Crippen LogP contribution in [0.1, 0.15) is 0 Å². The van der Waals surface area contributed by atoms with Crippen molar-refractivity contribution in [1.82, 2.24) is 24.9 Å². The lowest BCUT2D eigenvalue weighted by Crippen LogP contribution is -2.04. The molecule has 0 bridgehead atoms. The highest BCUT2D eigenvalue weighted by Crippen LogP contribution is 2.23. The maximum absolute atomic E-state index is 12.0. The second-order valence-corrected chi connectivity index (χ2v) is 4.56. The zero-order valence-corrected chi connectivity index (χ0v) is 10.5. The van der Waals surface area contributed by atoms with E-state index in [2.05, 4.69) is 29.7 Å². The van der Waals surface area contributed by atoms with Gasteiger partial charge in [0.25, 0.3) is 0 Å². The van der Waals surface area contributed by atoms with Gasteiger partial charge in [0.15, 0.2) is 15.6 Å². The lowest BCUT2D eigenvalue weighted by molar-refractivity contribution is -0.0530. The van der Waals surface area contributed by atoms with Gasteiger partial charge in [-0.15, -0.1) is 0 Å². The zero-order chi connectivity index (χ0) is 14.1. The molecule has 0 aliphatic rings. The second kappa shape index (κ2) is 4.89. The lowest BCUT2D eigenvalue weighted by atomic mass is 10.3. The van der Waals surface area contributed by atoms with Crippen LogP contribution in [0.25, 0.3) is 21.9 Å². The van der Waals surface area contributed by atoms with Gasteiger partial charge in [0.2, 0.25) is 5.88 Å². The van der Waals surface area contributed by atoms with Crippen LogP contribution in [0.15, 0.2) is 18.6 Å². The highest BCUT2D eigenvalue weighted by molar-refractivity contribution is 7.21. The van der Waals surface area contributed by atoms with Crippen molar-refractivity contribution in [3.8, 4) is 17.3 Å². The van der Waals surface area contributed by atoms with Crippen molar-refractivity contribution >= 4 is 26.9 Å². The average molecular weight is 296 g/mol. The third-order valence-electron chi connectivity index (χ3n) is 2.24. The molecule has 0 amide bonds. The van der Waals surface area contributed by atoms with Crippen molar-refractivity contribution in [2.24, 2.45) is 0 Å². The summed E-state index contributed by atoms with van der Waals surface area (Å²) in [4.78, 5) is 20.6. The molecule has 0 saturated heterocycles. The molecule has 0 unspecified atom stereocenters. The van der Waals surface area contributed by atoms with E-state index in [9.17, 15) is 8.78 Å². The Balaban J connectivity index is 1.93. The molecule has 2 N–H and O–H groups in total. The third-order valence-corrected chi connectivity index (χ3v) is 3.01. The van der Waals surface area contributed by atoms with E-state index in [0.29, 0.717) is 27.0 Å². The topological polar surface area (TPSA) is 99.7 Å². The van der Waals surface area contributed by atoms with E-state index < -0.39 is 6.61 Å². The Kier molecular flexibility index (Phi) is 3.06. The number of nitrogen functional groups attached to an aromatic ring is 1. The Labute approximate surface area is 114 Å². The van der Waals surface area contributed by atoms with E-state index in [0.717, 1.165) is 6.20 Å². The highest BCUT2D eigenvalue weighted by Gasteiger charge is 2.10. The summed E-state index contributed by atoms with van der Waals surface area (Å²) in [6, 6.07) is 0. The molecule has 3 aromatic rings. The number of halogens is 2. The molecule has 0 saturated carbocycles. The predicted molar refractivity (Wildman–Crippen MR) is 67.3 cm³/mol. The summed E-state index contributed by atoms with van der Waals surface area (Å²) in [5, 5.41) is 0.365. The highest BCUT2D eigenvalue weighted by atomic mass is 32.1. The van der Waals surface area contributed by atoms with Gasteiger partial charge in [-0.05, 0) is 0 Å². The van der Waals surface area contributed by atoms with Crippen molar-refractivity contribution in [3.05, 3.63) is 18.6 Å². The summed E-state index contributed by atoms with van der Waals surface area (Å²) in [6.45, 7) is -2.94. The van der Waals surface area contributed by atoms with Crippen LogP contribution in [-0.2, 0) is 0 Å². The number of fused-ring (bicyclic) bond motifs is 1. The maximum atomic E-state index is 12.0. The van der Waals surface area contributed by atoms with Crippen LogP contribution in [-0.4, -0.2) is 31.5 Å². The van der Waals surface area contributed by atoms with Crippen molar-refractivity contribution in [1.29, 1.82) is 0 Å². The Morgan fingerprint density at radius 3 is 2.55 bits per heavy atom. The fourth-order valence-corrected chi connectivity index (χ4v) is 2.13. The molecule has 10 heteroatoms. The van der Waals surface area contributed by atoms with Crippen molar-refractivity contribution < 1.29 is 13.5 Å². The minimum absolute atomic E-state index is 0.264. The number of rotatable bonds is 3. The van der Waals surface area contributed by atoms with Gasteiger partial charge in [-0.25, -0.2) is 19.9 Å². The quantitative estimate of drug-likeness (QED) is 0.785. The number of alkyl halides is 2. The summed E-state index contributed by atoms with van der Waals surface area (Å²) < 4.78 is 28.1. The molecule has 0 radical (unpaired) electrons. The van der Waals surface area contributed by atoms with Crippen LogP contribution < -0.4 is 10.5 Å².